The topological polar surface area (TPSA) is 0 Å². The number of halogens is 2. The number of allylic oxidation sites excluding steroid dienone is 4. The summed E-state index contributed by atoms with van der Waals surface area (Å²) in [5.74, 6) is 0. The molecular formula is C5H6Cl2P2. The molecule has 0 nitrogen and oxygen atoms in total. The molecule has 3 atom stereocenters. The van der Waals surface area contributed by atoms with Crippen molar-refractivity contribution in [2.75, 3.05) is 0 Å². The Labute approximate surface area is 69.1 Å². The summed E-state index contributed by atoms with van der Waals surface area (Å²) in [7, 11) is 5.20. The second kappa shape index (κ2) is 2.89. The van der Waals surface area contributed by atoms with Crippen LogP contribution in [0.3, 0.4) is 0 Å². The molecule has 1 aliphatic carbocycles. The minimum atomic E-state index is 0.212. The average molecular weight is 199 g/mol. The first-order valence-corrected chi connectivity index (χ1v) is 4.40. The van der Waals surface area contributed by atoms with Crippen LogP contribution in [-0.2, 0) is 0 Å². The third-order valence-corrected chi connectivity index (χ3v) is 3.84. The van der Waals surface area contributed by atoms with E-state index in [9.17, 15) is 0 Å². The number of hydrogen-bond donors (Lipinski definition) is 0. The zero-order valence-corrected chi connectivity index (χ0v) is 8.39. The van der Waals surface area contributed by atoms with Crippen molar-refractivity contribution in [3.63, 3.8) is 0 Å². The van der Waals surface area contributed by atoms with E-state index < -0.39 is 0 Å². The van der Waals surface area contributed by atoms with Gasteiger partial charge in [0.15, 0.2) is 0 Å². The Kier molecular flexibility index (Phi) is 2.57. The Morgan fingerprint density at radius 1 is 1.44 bits per heavy atom. The molecule has 0 saturated carbocycles. The highest BCUT2D eigenvalue weighted by molar-refractivity contribution is 7.27. The van der Waals surface area contributed by atoms with Gasteiger partial charge in [-0.1, -0.05) is 23.2 Å². The van der Waals surface area contributed by atoms with Gasteiger partial charge in [0.1, 0.15) is 0 Å². The van der Waals surface area contributed by atoms with Crippen molar-refractivity contribution in [2.45, 2.75) is 5.66 Å². The standard InChI is InChI=1S/C5H6Cl2P2/c6-2-1-3(8)5(9)4(2)7/h1,5H,8-9H2. The van der Waals surface area contributed by atoms with E-state index in [0.717, 1.165) is 5.31 Å². The fraction of sp³-hybridized carbons (Fsp3) is 0.200. The zero-order valence-electron chi connectivity index (χ0n) is 4.57. The van der Waals surface area contributed by atoms with Crippen LogP contribution in [0.25, 0.3) is 0 Å². The second-order valence-corrected chi connectivity index (χ2v) is 3.97. The highest BCUT2D eigenvalue weighted by atomic mass is 35.5. The molecule has 0 radical (unpaired) electrons. The van der Waals surface area contributed by atoms with Crippen LogP contribution in [0.2, 0.25) is 0 Å². The van der Waals surface area contributed by atoms with Crippen molar-refractivity contribution in [1.82, 2.24) is 0 Å². The maximum Gasteiger partial charge on any atom is 0.0564 e. The smallest absolute Gasteiger partial charge is 0.0564 e. The van der Waals surface area contributed by atoms with Gasteiger partial charge in [-0.05, 0) is 11.4 Å². The quantitative estimate of drug-likeness (QED) is 0.526. The van der Waals surface area contributed by atoms with Crippen LogP contribution in [0.1, 0.15) is 0 Å². The Morgan fingerprint density at radius 3 is 2.11 bits per heavy atom. The van der Waals surface area contributed by atoms with Crippen molar-refractivity contribution in [1.29, 1.82) is 0 Å². The van der Waals surface area contributed by atoms with Gasteiger partial charge in [-0.25, -0.2) is 0 Å². The summed E-state index contributed by atoms with van der Waals surface area (Å²) in [6.07, 6.45) is 1.85. The molecule has 1 rings (SSSR count). The molecule has 1 aliphatic rings. The van der Waals surface area contributed by atoms with Crippen LogP contribution in [0.4, 0.5) is 0 Å². The molecule has 4 heteroatoms. The molecule has 0 fully saturated rings. The molecule has 0 aromatic rings. The Hall–Kier alpha value is 0.920. The molecule has 0 aromatic heterocycles. The molecule has 0 aromatic carbocycles. The van der Waals surface area contributed by atoms with Gasteiger partial charge < -0.3 is 0 Å². The molecule has 0 heterocycles. The second-order valence-electron chi connectivity index (χ2n) is 1.82. The molecule has 0 aliphatic heterocycles. The van der Waals surface area contributed by atoms with Crippen molar-refractivity contribution >= 4 is 41.7 Å². The monoisotopic (exact) mass is 198 g/mol. The van der Waals surface area contributed by atoms with Crippen LogP contribution >= 0.6 is 41.7 Å². The molecule has 9 heavy (non-hydrogen) atoms. The molecule has 0 amide bonds. The van der Waals surface area contributed by atoms with E-state index in [1.54, 1.807) is 0 Å². The molecular weight excluding hydrogens is 193 g/mol. The minimum Gasteiger partial charge on any atom is -0.124 e. The normalized spacial score (nSPS) is 27.1. The summed E-state index contributed by atoms with van der Waals surface area (Å²) in [5, 5.41) is 2.49. The van der Waals surface area contributed by atoms with E-state index in [1.165, 1.54) is 0 Å². The highest BCUT2D eigenvalue weighted by Gasteiger charge is 2.18. The summed E-state index contributed by atoms with van der Waals surface area (Å²) in [6, 6.07) is 0. The lowest BCUT2D eigenvalue weighted by Crippen LogP contribution is -1.90. The molecule has 0 saturated heterocycles. The predicted octanol–water partition coefficient (Wildman–Crippen LogP) is 2.69. The van der Waals surface area contributed by atoms with Crippen LogP contribution in [0.5, 0.6) is 0 Å². The predicted molar refractivity (Wildman–Crippen MR) is 50.0 cm³/mol. The minimum absolute atomic E-state index is 0.212. The lowest BCUT2D eigenvalue weighted by atomic mass is 10.4. The van der Waals surface area contributed by atoms with Crippen molar-refractivity contribution in [3.8, 4) is 0 Å². The maximum atomic E-state index is 5.77. The summed E-state index contributed by atoms with van der Waals surface area (Å²) < 4.78 is 0. The third-order valence-electron chi connectivity index (χ3n) is 1.15. The van der Waals surface area contributed by atoms with Gasteiger partial charge in [-0.15, -0.1) is 18.5 Å². The van der Waals surface area contributed by atoms with Gasteiger partial charge in [0.25, 0.3) is 0 Å². The molecule has 3 unspecified atom stereocenters. The van der Waals surface area contributed by atoms with Gasteiger partial charge in [0, 0.05) is 10.7 Å². The van der Waals surface area contributed by atoms with E-state index in [1.807, 2.05) is 6.08 Å². The van der Waals surface area contributed by atoms with Gasteiger partial charge in [-0.3, -0.25) is 0 Å². The van der Waals surface area contributed by atoms with Crippen LogP contribution in [0, 0.1) is 0 Å². The van der Waals surface area contributed by atoms with Crippen molar-refractivity contribution < 1.29 is 0 Å². The summed E-state index contributed by atoms with van der Waals surface area (Å²) in [4.78, 5) is 0. The van der Waals surface area contributed by atoms with E-state index in [0.29, 0.717) is 10.1 Å². The SMILES string of the molecule is PC1=CC(Cl)=C(Cl)C1P. The molecule has 0 N–H and O–H groups in total. The fourth-order valence-electron chi connectivity index (χ4n) is 0.600. The zero-order chi connectivity index (χ0) is 7.02. The lowest BCUT2D eigenvalue weighted by Gasteiger charge is -2.01. The van der Waals surface area contributed by atoms with Crippen LogP contribution in [-0.4, -0.2) is 5.66 Å². The van der Waals surface area contributed by atoms with Gasteiger partial charge in [-0.2, -0.15) is 0 Å². The number of hydrogen-bond acceptors (Lipinski definition) is 0. The van der Waals surface area contributed by atoms with E-state index in [4.69, 9.17) is 23.2 Å². The third kappa shape index (κ3) is 1.49. The summed E-state index contributed by atoms with van der Waals surface area (Å²) >= 11 is 11.5. The molecule has 0 bridgehead atoms. The van der Waals surface area contributed by atoms with E-state index in [2.05, 4.69) is 18.5 Å². The first-order valence-electron chi connectivity index (χ1n) is 2.40. The summed E-state index contributed by atoms with van der Waals surface area (Å²) in [5.41, 5.74) is 0.212. The van der Waals surface area contributed by atoms with Crippen molar-refractivity contribution in [3.05, 3.63) is 21.5 Å². The molecule has 0 spiro atoms. The first kappa shape index (κ1) is 8.02. The van der Waals surface area contributed by atoms with Crippen LogP contribution < -0.4 is 0 Å². The number of rotatable bonds is 0. The summed E-state index contributed by atoms with van der Waals surface area (Å²) in [6.45, 7) is 0. The Balaban J connectivity index is 2.92. The first-order chi connectivity index (χ1) is 4.13. The van der Waals surface area contributed by atoms with Crippen molar-refractivity contribution in [2.24, 2.45) is 0 Å². The fourth-order valence-corrected chi connectivity index (χ4v) is 1.95. The largest absolute Gasteiger partial charge is 0.124 e. The van der Waals surface area contributed by atoms with Crippen LogP contribution in [0.15, 0.2) is 21.5 Å². The van der Waals surface area contributed by atoms with E-state index >= 15 is 0 Å². The van der Waals surface area contributed by atoms with E-state index in [-0.39, 0.29) is 5.66 Å². The average Bonchev–Trinajstić information content (AvgIpc) is 1.98. The van der Waals surface area contributed by atoms with Gasteiger partial charge in [0.2, 0.25) is 0 Å². The Morgan fingerprint density at radius 2 is 2.00 bits per heavy atom. The van der Waals surface area contributed by atoms with Gasteiger partial charge in [0.05, 0.1) is 5.03 Å². The molecule has 50 valence electrons. The highest BCUT2D eigenvalue weighted by Crippen LogP contribution is 2.38. The maximum absolute atomic E-state index is 5.77. The van der Waals surface area contributed by atoms with Gasteiger partial charge >= 0.3 is 0 Å². The Bertz CT molecular complexity index is 195. The lowest BCUT2D eigenvalue weighted by molar-refractivity contribution is 1.40.